The molecule has 0 aromatic carbocycles. The molecule has 4 nitrogen and oxygen atoms in total. The second-order valence-electron chi connectivity index (χ2n) is 4.53. The molecule has 1 amide bonds. The number of hydrogen-bond acceptors (Lipinski definition) is 3. The van der Waals surface area contributed by atoms with E-state index in [0.717, 1.165) is 12.8 Å². The van der Waals surface area contributed by atoms with Crippen LogP contribution in [0.4, 0.5) is 0 Å². The number of hydrogen-bond donors (Lipinski definition) is 1. The highest BCUT2D eigenvalue weighted by atomic mass is 79.9. The summed E-state index contributed by atoms with van der Waals surface area (Å²) in [4.78, 5) is 16.4. The Morgan fingerprint density at radius 1 is 1.56 bits per heavy atom. The number of halogens is 1. The maximum absolute atomic E-state index is 11.8. The van der Waals surface area contributed by atoms with Crippen LogP contribution in [0, 0.1) is 17.2 Å². The van der Waals surface area contributed by atoms with Crippen LogP contribution in [0.5, 0.6) is 0 Å². The molecule has 5 heteroatoms. The molecule has 1 N–H and O–H groups in total. The molecule has 0 saturated heterocycles. The summed E-state index contributed by atoms with van der Waals surface area (Å²) in [6.07, 6.45) is 4.85. The Morgan fingerprint density at radius 3 is 2.94 bits per heavy atom. The lowest BCUT2D eigenvalue weighted by molar-refractivity contribution is 0.0942. The maximum atomic E-state index is 11.8. The number of aromatic nitrogens is 1. The first kappa shape index (κ1) is 13.0. The van der Waals surface area contributed by atoms with Gasteiger partial charge in [0.2, 0.25) is 0 Å². The number of rotatable bonds is 3. The second kappa shape index (κ2) is 5.96. The van der Waals surface area contributed by atoms with Crippen LogP contribution in [-0.4, -0.2) is 22.3 Å². The summed E-state index contributed by atoms with van der Waals surface area (Å²) in [6, 6.07) is 5.16. The van der Waals surface area contributed by atoms with Crippen molar-refractivity contribution < 1.29 is 4.79 Å². The number of nitrogens with zero attached hydrogens (tertiary/aromatic N) is 2. The van der Waals surface area contributed by atoms with Crippen molar-refractivity contribution in [3.8, 4) is 6.07 Å². The van der Waals surface area contributed by atoms with Gasteiger partial charge in [0.05, 0.1) is 5.56 Å². The van der Waals surface area contributed by atoms with E-state index < -0.39 is 0 Å². The van der Waals surface area contributed by atoms with E-state index in [2.05, 4.69) is 26.2 Å². The van der Waals surface area contributed by atoms with Gasteiger partial charge in [0.15, 0.2) is 0 Å². The number of alkyl halides is 1. The number of nitrogens with one attached hydrogen (secondary N) is 1. The summed E-state index contributed by atoms with van der Waals surface area (Å²) >= 11 is 3.59. The van der Waals surface area contributed by atoms with Crippen LogP contribution >= 0.6 is 15.9 Å². The van der Waals surface area contributed by atoms with Crippen molar-refractivity contribution >= 4 is 21.8 Å². The summed E-state index contributed by atoms with van der Waals surface area (Å²) in [7, 11) is 0. The van der Waals surface area contributed by atoms with Gasteiger partial charge in [-0.05, 0) is 37.3 Å². The second-order valence-corrected chi connectivity index (χ2v) is 5.83. The van der Waals surface area contributed by atoms with E-state index in [9.17, 15) is 4.79 Å². The molecule has 1 aromatic rings. The van der Waals surface area contributed by atoms with E-state index in [1.54, 1.807) is 12.1 Å². The monoisotopic (exact) mass is 307 g/mol. The predicted octanol–water partition coefficient (Wildman–Crippen LogP) is 2.25. The Balaban J connectivity index is 1.86. The Kier molecular flexibility index (Phi) is 4.32. The first-order valence-corrected chi connectivity index (χ1v) is 6.89. The number of amides is 1. The SMILES string of the molecule is N#Cc1ccc(C(=O)NCC2CCC(Br)C2)nc1. The molecule has 2 atom stereocenters. The number of nitriles is 1. The van der Waals surface area contributed by atoms with Gasteiger partial charge in [-0.3, -0.25) is 4.79 Å². The summed E-state index contributed by atoms with van der Waals surface area (Å²) in [5.74, 6) is 0.384. The van der Waals surface area contributed by atoms with E-state index in [-0.39, 0.29) is 5.91 Å². The molecular weight excluding hydrogens is 294 g/mol. The van der Waals surface area contributed by atoms with Gasteiger partial charge < -0.3 is 5.32 Å². The fraction of sp³-hybridized carbons (Fsp3) is 0.462. The van der Waals surface area contributed by atoms with Gasteiger partial charge in [-0.1, -0.05) is 15.9 Å². The molecule has 94 valence electrons. The van der Waals surface area contributed by atoms with Crippen LogP contribution in [0.2, 0.25) is 0 Å². The lowest BCUT2D eigenvalue weighted by Crippen LogP contribution is -2.29. The average molecular weight is 308 g/mol. The lowest BCUT2D eigenvalue weighted by Gasteiger charge is -2.10. The van der Waals surface area contributed by atoms with E-state index in [1.165, 1.54) is 12.6 Å². The van der Waals surface area contributed by atoms with Gasteiger partial charge in [0.1, 0.15) is 11.8 Å². The van der Waals surface area contributed by atoms with Gasteiger partial charge in [-0.2, -0.15) is 5.26 Å². The zero-order valence-electron chi connectivity index (χ0n) is 9.90. The first-order valence-electron chi connectivity index (χ1n) is 5.97. The van der Waals surface area contributed by atoms with Gasteiger partial charge >= 0.3 is 0 Å². The Morgan fingerprint density at radius 2 is 2.39 bits per heavy atom. The fourth-order valence-corrected chi connectivity index (χ4v) is 2.91. The summed E-state index contributed by atoms with van der Waals surface area (Å²) in [5.41, 5.74) is 0.826. The van der Waals surface area contributed by atoms with Crippen molar-refractivity contribution in [3.63, 3.8) is 0 Å². The third-order valence-electron chi connectivity index (χ3n) is 3.15. The van der Waals surface area contributed by atoms with Crippen molar-refractivity contribution in [3.05, 3.63) is 29.6 Å². The minimum absolute atomic E-state index is 0.169. The first-order chi connectivity index (χ1) is 8.69. The molecule has 0 bridgehead atoms. The Hall–Kier alpha value is -1.41. The molecule has 1 saturated carbocycles. The maximum Gasteiger partial charge on any atom is 0.269 e. The molecule has 1 heterocycles. The quantitative estimate of drug-likeness (QED) is 0.871. The normalized spacial score (nSPS) is 22.4. The number of carbonyl (C=O) groups is 1. The van der Waals surface area contributed by atoms with E-state index in [1.807, 2.05) is 6.07 Å². The molecule has 1 fully saturated rings. The predicted molar refractivity (Wildman–Crippen MR) is 71.3 cm³/mol. The Bertz CT molecular complexity index is 466. The van der Waals surface area contributed by atoms with Crippen molar-refractivity contribution in [2.45, 2.75) is 24.1 Å². The largest absolute Gasteiger partial charge is 0.350 e. The van der Waals surface area contributed by atoms with Gasteiger partial charge in [-0.15, -0.1) is 0 Å². The third kappa shape index (κ3) is 3.30. The molecule has 2 rings (SSSR count). The highest BCUT2D eigenvalue weighted by Crippen LogP contribution is 2.29. The van der Waals surface area contributed by atoms with Crippen molar-refractivity contribution in [2.75, 3.05) is 6.54 Å². The smallest absolute Gasteiger partial charge is 0.269 e. The Labute approximate surface area is 115 Å². The molecule has 2 unspecified atom stereocenters. The molecule has 1 aliphatic carbocycles. The highest BCUT2D eigenvalue weighted by Gasteiger charge is 2.22. The van der Waals surface area contributed by atoms with Gasteiger partial charge in [0.25, 0.3) is 5.91 Å². The van der Waals surface area contributed by atoms with Crippen molar-refractivity contribution in [2.24, 2.45) is 5.92 Å². The third-order valence-corrected chi connectivity index (χ3v) is 3.99. The standard InChI is InChI=1S/C13H14BrN3O/c14-11-3-1-9(5-11)7-17-13(18)12-4-2-10(6-15)8-16-12/h2,4,8-9,11H,1,3,5,7H2,(H,17,18). The number of pyridine rings is 1. The van der Waals surface area contributed by atoms with Gasteiger partial charge in [-0.25, -0.2) is 4.98 Å². The van der Waals surface area contributed by atoms with E-state index in [4.69, 9.17) is 5.26 Å². The van der Waals surface area contributed by atoms with E-state index in [0.29, 0.717) is 28.5 Å². The van der Waals surface area contributed by atoms with Crippen LogP contribution in [0.15, 0.2) is 18.3 Å². The average Bonchev–Trinajstić information content (AvgIpc) is 2.82. The van der Waals surface area contributed by atoms with Crippen LogP contribution in [-0.2, 0) is 0 Å². The van der Waals surface area contributed by atoms with Crippen LogP contribution in [0.1, 0.15) is 35.3 Å². The molecular formula is C13H14BrN3O. The minimum Gasteiger partial charge on any atom is -0.350 e. The molecule has 0 spiro atoms. The molecule has 18 heavy (non-hydrogen) atoms. The minimum atomic E-state index is -0.169. The molecule has 1 aromatic heterocycles. The topological polar surface area (TPSA) is 65.8 Å². The highest BCUT2D eigenvalue weighted by molar-refractivity contribution is 9.09. The fourth-order valence-electron chi connectivity index (χ4n) is 2.12. The van der Waals surface area contributed by atoms with Crippen LogP contribution < -0.4 is 5.32 Å². The van der Waals surface area contributed by atoms with Gasteiger partial charge in [0, 0.05) is 17.6 Å². The lowest BCUT2D eigenvalue weighted by atomic mass is 10.1. The van der Waals surface area contributed by atoms with Crippen molar-refractivity contribution in [1.82, 2.24) is 10.3 Å². The summed E-state index contributed by atoms with van der Waals surface area (Å²) in [6.45, 7) is 0.697. The number of carbonyl (C=O) groups excluding carboxylic acids is 1. The summed E-state index contributed by atoms with van der Waals surface area (Å²) in [5, 5.41) is 11.5. The zero-order valence-corrected chi connectivity index (χ0v) is 11.5. The van der Waals surface area contributed by atoms with E-state index >= 15 is 0 Å². The zero-order chi connectivity index (χ0) is 13.0. The van der Waals surface area contributed by atoms with Crippen molar-refractivity contribution in [1.29, 1.82) is 5.26 Å². The van der Waals surface area contributed by atoms with Crippen LogP contribution in [0.3, 0.4) is 0 Å². The molecule has 0 aliphatic heterocycles. The summed E-state index contributed by atoms with van der Waals surface area (Å²) < 4.78 is 0. The van der Waals surface area contributed by atoms with Crippen LogP contribution in [0.25, 0.3) is 0 Å². The molecule has 1 aliphatic rings. The molecule has 0 radical (unpaired) electrons.